The molecule has 1 N–H and O–H groups in total. The van der Waals surface area contributed by atoms with Crippen LogP contribution in [0, 0.1) is 5.82 Å². The Balaban J connectivity index is 1.13. The van der Waals surface area contributed by atoms with Gasteiger partial charge in [-0.3, -0.25) is 19.7 Å². The number of halogens is 1. The summed E-state index contributed by atoms with van der Waals surface area (Å²) in [5.41, 5.74) is 5.21. The molecule has 0 saturated carbocycles. The van der Waals surface area contributed by atoms with Gasteiger partial charge in [0.25, 0.3) is 5.91 Å². The Kier molecular flexibility index (Phi) is 6.91. The summed E-state index contributed by atoms with van der Waals surface area (Å²) in [4.78, 5) is 24.0. The number of nitrogens with one attached hydrogen (secondary N) is 1. The molecule has 6 heteroatoms. The van der Waals surface area contributed by atoms with Crippen molar-refractivity contribution < 1.29 is 9.18 Å². The molecule has 2 aromatic carbocycles. The van der Waals surface area contributed by atoms with Crippen LogP contribution >= 0.6 is 0 Å². The lowest BCUT2D eigenvalue weighted by Crippen LogP contribution is -2.44. The number of nitrogens with zero attached hydrogens (tertiary/aromatic N) is 3. The monoisotopic (exact) mass is 466 g/mol. The van der Waals surface area contributed by atoms with Crippen molar-refractivity contribution in [2.45, 2.75) is 25.4 Å². The first kappa shape index (κ1) is 22.9. The van der Waals surface area contributed by atoms with Crippen LogP contribution in [0.3, 0.4) is 0 Å². The van der Waals surface area contributed by atoms with Gasteiger partial charge < -0.3 is 5.32 Å². The first-order chi connectivity index (χ1) is 17.1. The zero-order valence-corrected chi connectivity index (χ0v) is 19.4. The summed E-state index contributed by atoms with van der Waals surface area (Å²) >= 11 is 0. The molecule has 1 fully saturated rings. The molecular formula is C29H27FN4O. The highest BCUT2D eigenvalue weighted by Gasteiger charge is 2.21. The lowest BCUT2D eigenvalue weighted by Gasteiger charge is -2.32. The number of hydrogen-bond donors (Lipinski definition) is 1. The maximum atomic E-state index is 13.5. The molecule has 1 aliphatic rings. The summed E-state index contributed by atoms with van der Waals surface area (Å²) in [6.45, 7) is 2.73. The zero-order chi connectivity index (χ0) is 24.0. The summed E-state index contributed by atoms with van der Waals surface area (Å²) in [6, 6.07) is 24.4. The van der Waals surface area contributed by atoms with Gasteiger partial charge in [0.2, 0.25) is 0 Å². The molecule has 0 unspecified atom stereocenters. The van der Waals surface area contributed by atoms with E-state index in [-0.39, 0.29) is 17.8 Å². The maximum Gasteiger partial charge on any atom is 0.253 e. The predicted octanol–water partition coefficient (Wildman–Crippen LogP) is 5.34. The topological polar surface area (TPSA) is 58.1 Å². The third-order valence-electron chi connectivity index (χ3n) is 6.36. The quantitative estimate of drug-likeness (QED) is 0.417. The van der Waals surface area contributed by atoms with Gasteiger partial charge in [-0.05, 0) is 60.9 Å². The van der Waals surface area contributed by atoms with Gasteiger partial charge in [-0.15, -0.1) is 0 Å². The van der Waals surface area contributed by atoms with Gasteiger partial charge in [0.05, 0.1) is 17.0 Å². The standard InChI is InChI=1S/C29H27FN4O/c30-25-8-4-7-23(18-25)28-11-10-24(19-32-28)29(35)33-26-12-15-34(16-13-26)20-21-5-3-6-22(17-21)27-9-1-2-14-31-27/h1-11,14,17-19,26H,12-13,15-16,20H2,(H,33,35). The Bertz CT molecular complexity index is 1290. The summed E-state index contributed by atoms with van der Waals surface area (Å²) in [6.07, 6.45) is 5.18. The molecule has 1 amide bonds. The average molecular weight is 467 g/mol. The lowest BCUT2D eigenvalue weighted by atomic mass is 10.0. The first-order valence-corrected chi connectivity index (χ1v) is 11.9. The van der Waals surface area contributed by atoms with Crippen molar-refractivity contribution >= 4 is 5.91 Å². The van der Waals surface area contributed by atoms with Crippen LogP contribution in [0.5, 0.6) is 0 Å². The van der Waals surface area contributed by atoms with Crippen molar-refractivity contribution in [2.24, 2.45) is 0 Å². The molecule has 0 bridgehead atoms. The second-order valence-electron chi connectivity index (χ2n) is 8.88. The highest BCUT2D eigenvalue weighted by molar-refractivity contribution is 5.94. The fourth-order valence-corrected chi connectivity index (χ4v) is 4.47. The number of pyridine rings is 2. The minimum absolute atomic E-state index is 0.121. The maximum absolute atomic E-state index is 13.5. The van der Waals surface area contributed by atoms with Crippen molar-refractivity contribution in [3.63, 3.8) is 0 Å². The second-order valence-corrected chi connectivity index (χ2v) is 8.88. The van der Waals surface area contributed by atoms with E-state index in [4.69, 9.17) is 0 Å². The van der Waals surface area contributed by atoms with Crippen LogP contribution in [0.1, 0.15) is 28.8 Å². The Morgan fingerprint density at radius 1 is 0.886 bits per heavy atom. The van der Waals surface area contributed by atoms with E-state index in [0.29, 0.717) is 16.8 Å². The molecule has 4 aromatic rings. The molecule has 2 aromatic heterocycles. The molecular weight excluding hydrogens is 439 g/mol. The van der Waals surface area contributed by atoms with E-state index in [2.05, 4.69) is 44.5 Å². The van der Waals surface area contributed by atoms with E-state index in [0.717, 1.165) is 43.7 Å². The molecule has 5 nitrogen and oxygen atoms in total. The highest BCUT2D eigenvalue weighted by Crippen LogP contribution is 2.21. The number of piperidine rings is 1. The van der Waals surface area contributed by atoms with Crippen LogP contribution in [-0.2, 0) is 6.54 Å². The van der Waals surface area contributed by atoms with E-state index in [9.17, 15) is 9.18 Å². The van der Waals surface area contributed by atoms with E-state index in [1.54, 1.807) is 30.5 Å². The molecule has 3 heterocycles. The zero-order valence-electron chi connectivity index (χ0n) is 19.4. The Morgan fingerprint density at radius 2 is 1.66 bits per heavy atom. The van der Waals surface area contributed by atoms with Gasteiger partial charge >= 0.3 is 0 Å². The molecule has 0 atom stereocenters. The van der Waals surface area contributed by atoms with Crippen molar-refractivity contribution in [3.05, 3.63) is 108 Å². The fraction of sp³-hybridized carbons (Fsp3) is 0.207. The summed E-state index contributed by atoms with van der Waals surface area (Å²) in [5, 5.41) is 3.14. The molecule has 35 heavy (non-hydrogen) atoms. The lowest BCUT2D eigenvalue weighted by molar-refractivity contribution is 0.0908. The average Bonchev–Trinajstić information content (AvgIpc) is 2.90. The van der Waals surface area contributed by atoms with E-state index in [1.165, 1.54) is 17.7 Å². The Hall–Kier alpha value is -3.90. The number of hydrogen-bond acceptors (Lipinski definition) is 4. The number of rotatable bonds is 6. The van der Waals surface area contributed by atoms with Gasteiger partial charge in [0.15, 0.2) is 0 Å². The Labute approximate surface area is 204 Å². The number of aromatic nitrogens is 2. The Morgan fingerprint density at radius 3 is 2.37 bits per heavy atom. The van der Waals surface area contributed by atoms with Crippen LogP contribution in [-0.4, -0.2) is 39.9 Å². The fourth-order valence-electron chi connectivity index (χ4n) is 4.47. The molecule has 1 saturated heterocycles. The van der Waals surface area contributed by atoms with Gasteiger partial charge in [0.1, 0.15) is 5.82 Å². The second kappa shape index (κ2) is 10.6. The van der Waals surface area contributed by atoms with Crippen molar-refractivity contribution in [3.8, 4) is 22.5 Å². The molecule has 5 rings (SSSR count). The number of carbonyl (C=O) groups excluding carboxylic acids is 1. The predicted molar refractivity (Wildman–Crippen MR) is 135 cm³/mol. The van der Waals surface area contributed by atoms with Crippen molar-refractivity contribution in [1.82, 2.24) is 20.2 Å². The van der Waals surface area contributed by atoms with E-state index < -0.39 is 0 Å². The number of benzene rings is 2. The first-order valence-electron chi connectivity index (χ1n) is 11.9. The van der Waals surface area contributed by atoms with Crippen molar-refractivity contribution in [1.29, 1.82) is 0 Å². The van der Waals surface area contributed by atoms with Crippen LogP contribution in [0.2, 0.25) is 0 Å². The van der Waals surface area contributed by atoms with Gasteiger partial charge in [0, 0.05) is 49.2 Å². The SMILES string of the molecule is O=C(NC1CCN(Cc2cccc(-c3ccccn3)c2)CC1)c1ccc(-c2cccc(F)c2)nc1. The van der Waals surface area contributed by atoms with Crippen LogP contribution in [0.25, 0.3) is 22.5 Å². The van der Waals surface area contributed by atoms with Gasteiger partial charge in [-0.2, -0.15) is 0 Å². The third-order valence-corrected chi connectivity index (χ3v) is 6.36. The van der Waals surface area contributed by atoms with Crippen LogP contribution < -0.4 is 5.32 Å². The smallest absolute Gasteiger partial charge is 0.253 e. The van der Waals surface area contributed by atoms with Crippen molar-refractivity contribution in [2.75, 3.05) is 13.1 Å². The molecule has 0 aliphatic carbocycles. The largest absolute Gasteiger partial charge is 0.349 e. The number of carbonyl (C=O) groups is 1. The van der Waals surface area contributed by atoms with Crippen LogP contribution in [0.15, 0.2) is 91.3 Å². The molecule has 176 valence electrons. The minimum Gasteiger partial charge on any atom is -0.349 e. The molecule has 0 spiro atoms. The van der Waals surface area contributed by atoms with E-state index in [1.807, 2.05) is 24.4 Å². The summed E-state index contributed by atoms with van der Waals surface area (Å²) < 4.78 is 13.5. The third kappa shape index (κ3) is 5.78. The van der Waals surface area contributed by atoms with Gasteiger partial charge in [-0.25, -0.2) is 4.39 Å². The van der Waals surface area contributed by atoms with E-state index >= 15 is 0 Å². The molecule has 1 aliphatic heterocycles. The normalized spacial score (nSPS) is 14.5. The number of likely N-dealkylation sites (tertiary alicyclic amines) is 1. The number of amides is 1. The molecule has 0 radical (unpaired) electrons. The highest BCUT2D eigenvalue weighted by atomic mass is 19.1. The van der Waals surface area contributed by atoms with Gasteiger partial charge in [-0.1, -0.05) is 36.4 Å². The minimum atomic E-state index is -0.307. The van der Waals surface area contributed by atoms with Crippen LogP contribution in [0.4, 0.5) is 4.39 Å². The summed E-state index contributed by atoms with van der Waals surface area (Å²) in [7, 11) is 0. The summed E-state index contributed by atoms with van der Waals surface area (Å²) in [5.74, 6) is -0.428.